The molecule has 1 aliphatic rings. The Labute approximate surface area is 212 Å². The molecule has 0 spiro atoms. The van der Waals surface area contributed by atoms with Crippen LogP contribution in [0.25, 0.3) is 6.08 Å². The number of carbonyl (C=O) groups is 1. The minimum Gasteiger partial charge on any atom is -0.493 e. The van der Waals surface area contributed by atoms with Crippen molar-refractivity contribution in [2.24, 2.45) is 0 Å². The fourth-order valence-corrected chi connectivity index (χ4v) is 5.10. The van der Waals surface area contributed by atoms with E-state index in [2.05, 4.69) is 0 Å². The molecule has 0 saturated carbocycles. The second-order valence-electron chi connectivity index (χ2n) is 7.71. The van der Waals surface area contributed by atoms with Gasteiger partial charge in [-0.15, -0.1) is 0 Å². The van der Waals surface area contributed by atoms with Crippen molar-refractivity contribution in [3.05, 3.63) is 92.6 Å². The Morgan fingerprint density at radius 3 is 2.62 bits per heavy atom. The van der Waals surface area contributed by atoms with Crippen molar-refractivity contribution in [2.75, 3.05) is 12.0 Å². The second-order valence-corrected chi connectivity index (χ2v) is 9.79. The molecular formula is C26H21ClFNO3S2. The number of nitrogens with zero attached hydrogens (tertiary/aromatic N) is 1. The number of anilines is 1. The lowest BCUT2D eigenvalue weighted by molar-refractivity contribution is -0.113. The quantitative estimate of drug-likeness (QED) is 0.260. The Morgan fingerprint density at radius 1 is 1.12 bits per heavy atom. The molecule has 1 heterocycles. The summed E-state index contributed by atoms with van der Waals surface area (Å²) in [5.41, 5.74) is 3.84. The van der Waals surface area contributed by atoms with E-state index in [1.165, 1.54) is 31.0 Å². The van der Waals surface area contributed by atoms with E-state index >= 15 is 0 Å². The molecule has 3 aromatic carbocycles. The molecule has 0 radical (unpaired) electrons. The molecule has 0 atom stereocenters. The van der Waals surface area contributed by atoms with Gasteiger partial charge in [-0.25, -0.2) is 4.39 Å². The zero-order valence-corrected chi connectivity index (χ0v) is 21.1. The van der Waals surface area contributed by atoms with Crippen LogP contribution in [-0.4, -0.2) is 17.3 Å². The number of thioether (sulfide) groups is 1. The lowest BCUT2D eigenvalue weighted by Gasteiger charge is -2.17. The summed E-state index contributed by atoms with van der Waals surface area (Å²) in [6.45, 7) is 3.89. The van der Waals surface area contributed by atoms with Crippen molar-refractivity contribution in [1.29, 1.82) is 0 Å². The van der Waals surface area contributed by atoms with E-state index < -0.39 is 5.82 Å². The predicted molar refractivity (Wildman–Crippen MR) is 140 cm³/mol. The first-order valence-electron chi connectivity index (χ1n) is 10.4. The third kappa shape index (κ3) is 4.97. The molecule has 3 aromatic rings. The molecule has 174 valence electrons. The summed E-state index contributed by atoms with van der Waals surface area (Å²) in [7, 11) is 1.52. The summed E-state index contributed by atoms with van der Waals surface area (Å²) in [5, 5.41) is 0.283. The molecule has 1 fully saturated rings. The number of carbonyl (C=O) groups excluding carboxylic acids is 1. The first-order valence-corrected chi connectivity index (χ1v) is 12.0. The highest BCUT2D eigenvalue weighted by Gasteiger charge is 2.34. The van der Waals surface area contributed by atoms with E-state index in [-0.39, 0.29) is 23.1 Å². The minimum absolute atomic E-state index is 0.0693. The highest BCUT2D eigenvalue weighted by Crippen LogP contribution is 2.38. The van der Waals surface area contributed by atoms with Gasteiger partial charge in [-0.3, -0.25) is 9.69 Å². The fourth-order valence-electron chi connectivity index (χ4n) is 3.60. The number of rotatable bonds is 6. The number of ether oxygens (including phenoxy) is 2. The van der Waals surface area contributed by atoms with Gasteiger partial charge in [0.15, 0.2) is 15.8 Å². The van der Waals surface area contributed by atoms with Crippen molar-refractivity contribution in [3.63, 3.8) is 0 Å². The topological polar surface area (TPSA) is 38.8 Å². The Morgan fingerprint density at radius 2 is 1.91 bits per heavy atom. The van der Waals surface area contributed by atoms with Crippen LogP contribution in [0.1, 0.15) is 22.3 Å². The van der Waals surface area contributed by atoms with Gasteiger partial charge in [-0.05, 0) is 61.4 Å². The van der Waals surface area contributed by atoms with Crippen LogP contribution in [0.3, 0.4) is 0 Å². The fraction of sp³-hybridized carbons (Fsp3) is 0.154. The molecule has 1 amide bonds. The maximum absolute atomic E-state index is 14.1. The molecule has 0 aliphatic carbocycles. The number of benzene rings is 3. The lowest BCUT2D eigenvalue weighted by atomic mass is 10.1. The highest BCUT2D eigenvalue weighted by molar-refractivity contribution is 8.27. The zero-order chi connectivity index (χ0) is 24.4. The molecule has 0 unspecified atom stereocenters. The summed E-state index contributed by atoms with van der Waals surface area (Å²) in [6, 6.07) is 15.6. The van der Waals surface area contributed by atoms with Gasteiger partial charge in [-0.1, -0.05) is 65.4 Å². The summed E-state index contributed by atoms with van der Waals surface area (Å²) in [4.78, 5) is 15.2. The third-order valence-electron chi connectivity index (χ3n) is 5.31. The number of aryl methyl sites for hydroxylation is 2. The standard InChI is InChI=1S/C26H21ClFNO3S2/c1-15-7-9-21(16(2)11-15)29-25(30)24(34-26(29)33)13-17-8-10-22(31-3)23(12-17)32-14-18-19(27)5-4-6-20(18)28/h4-13H,14H2,1-3H3/b24-13+. The van der Waals surface area contributed by atoms with E-state index in [1.807, 2.05) is 38.1 Å². The molecule has 0 bridgehead atoms. The number of thiocarbonyl (C=S) groups is 1. The molecule has 0 N–H and O–H groups in total. The van der Waals surface area contributed by atoms with Gasteiger partial charge in [-0.2, -0.15) is 0 Å². The van der Waals surface area contributed by atoms with Gasteiger partial charge in [0, 0.05) is 5.56 Å². The zero-order valence-electron chi connectivity index (χ0n) is 18.7. The molecule has 8 heteroatoms. The first kappa shape index (κ1) is 24.3. The Balaban J connectivity index is 1.60. The number of methoxy groups -OCH3 is 1. The SMILES string of the molecule is COc1ccc(/C=C2/SC(=S)N(c3ccc(C)cc3C)C2=O)cc1OCc1c(F)cccc1Cl. The van der Waals surface area contributed by atoms with Crippen LogP contribution in [-0.2, 0) is 11.4 Å². The number of hydrogen-bond donors (Lipinski definition) is 0. The van der Waals surface area contributed by atoms with Gasteiger partial charge < -0.3 is 9.47 Å². The van der Waals surface area contributed by atoms with Crippen LogP contribution in [0.15, 0.2) is 59.5 Å². The summed E-state index contributed by atoms with van der Waals surface area (Å²) < 4.78 is 25.8. The van der Waals surface area contributed by atoms with Gasteiger partial charge in [0.1, 0.15) is 12.4 Å². The van der Waals surface area contributed by atoms with E-state index in [0.29, 0.717) is 20.7 Å². The molecular weight excluding hydrogens is 493 g/mol. The predicted octanol–water partition coefficient (Wildman–Crippen LogP) is 7.09. The number of halogens is 2. The molecule has 1 saturated heterocycles. The van der Waals surface area contributed by atoms with E-state index in [9.17, 15) is 9.18 Å². The van der Waals surface area contributed by atoms with Crippen LogP contribution in [0.2, 0.25) is 5.02 Å². The summed E-state index contributed by atoms with van der Waals surface area (Å²) in [6.07, 6.45) is 1.76. The summed E-state index contributed by atoms with van der Waals surface area (Å²) >= 11 is 12.9. The van der Waals surface area contributed by atoms with Crippen molar-refractivity contribution in [3.8, 4) is 11.5 Å². The normalized spacial score (nSPS) is 14.7. The van der Waals surface area contributed by atoms with E-state index in [1.54, 1.807) is 29.2 Å². The molecule has 4 nitrogen and oxygen atoms in total. The molecule has 4 rings (SSSR count). The monoisotopic (exact) mass is 513 g/mol. The maximum Gasteiger partial charge on any atom is 0.270 e. The molecule has 0 aromatic heterocycles. The average molecular weight is 514 g/mol. The smallest absolute Gasteiger partial charge is 0.270 e. The number of hydrogen-bond acceptors (Lipinski definition) is 5. The third-order valence-corrected chi connectivity index (χ3v) is 6.96. The average Bonchev–Trinajstić information content (AvgIpc) is 3.06. The van der Waals surface area contributed by atoms with Gasteiger partial charge in [0.2, 0.25) is 0 Å². The van der Waals surface area contributed by atoms with Crippen LogP contribution >= 0.6 is 35.6 Å². The minimum atomic E-state index is -0.447. The summed E-state index contributed by atoms with van der Waals surface area (Å²) in [5.74, 6) is 0.254. The van der Waals surface area contributed by atoms with Gasteiger partial charge >= 0.3 is 0 Å². The molecule has 34 heavy (non-hydrogen) atoms. The van der Waals surface area contributed by atoms with Gasteiger partial charge in [0.05, 0.1) is 22.7 Å². The van der Waals surface area contributed by atoms with Crippen molar-refractivity contribution in [1.82, 2.24) is 0 Å². The van der Waals surface area contributed by atoms with E-state index in [0.717, 1.165) is 22.4 Å². The Kier molecular flexibility index (Phi) is 7.26. The van der Waals surface area contributed by atoms with Crippen molar-refractivity contribution >= 4 is 57.6 Å². The van der Waals surface area contributed by atoms with E-state index in [4.69, 9.17) is 33.3 Å². The van der Waals surface area contributed by atoms with Crippen LogP contribution in [0.4, 0.5) is 10.1 Å². The van der Waals surface area contributed by atoms with Crippen LogP contribution < -0.4 is 14.4 Å². The Hall–Kier alpha value is -2.87. The van der Waals surface area contributed by atoms with Crippen LogP contribution in [0.5, 0.6) is 11.5 Å². The molecule has 1 aliphatic heterocycles. The maximum atomic E-state index is 14.1. The van der Waals surface area contributed by atoms with Crippen molar-refractivity contribution < 1.29 is 18.7 Å². The van der Waals surface area contributed by atoms with Crippen molar-refractivity contribution in [2.45, 2.75) is 20.5 Å². The Bertz CT molecular complexity index is 1310. The largest absolute Gasteiger partial charge is 0.493 e. The number of amides is 1. The second kappa shape index (κ2) is 10.2. The first-order chi connectivity index (χ1) is 16.3. The lowest BCUT2D eigenvalue weighted by Crippen LogP contribution is -2.28. The van der Waals surface area contributed by atoms with Crippen LogP contribution in [0, 0.1) is 19.7 Å². The highest BCUT2D eigenvalue weighted by atomic mass is 35.5. The van der Waals surface area contributed by atoms with Gasteiger partial charge in [0.25, 0.3) is 5.91 Å².